The number of carbonyl (C=O) groups is 1. The molecule has 2 amide bonds. The van der Waals surface area contributed by atoms with Crippen molar-refractivity contribution in [2.24, 2.45) is 0 Å². The Kier molecular flexibility index (Phi) is 5.12. The molecule has 0 aliphatic carbocycles. The number of rotatable bonds is 3. The lowest BCUT2D eigenvalue weighted by Crippen LogP contribution is -2.36. The molecule has 0 bridgehead atoms. The summed E-state index contributed by atoms with van der Waals surface area (Å²) in [7, 11) is 1.60. The van der Waals surface area contributed by atoms with Gasteiger partial charge >= 0.3 is 6.03 Å². The maximum absolute atomic E-state index is 12.5. The van der Waals surface area contributed by atoms with Gasteiger partial charge in [0, 0.05) is 18.8 Å². The fraction of sp³-hybridized carbons (Fsp3) is 0.353. The van der Waals surface area contributed by atoms with E-state index in [-0.39, 0.29) is 6.03 Å². The Morgan fingerprint density at radius 3 is 2.96 bits per heavy atom. The van der Waals surface area contributed by atoms with E-state index in [1.54, 1.807) is 13.4 Å². The summed E-state index contributed by atoms with van der Waals surface area (Å²) in [5.41, 5.74) is 0.694. The minimum atomic E-state index is -0.0878. The van der Waals surface area contributed by atoms with Crippen molar-refractivity contribution < 1.29 is 13.9 Å². The van der Waals surface area contributed by atoms with Crippen LogP contribution in [0.2, 0.25) is 0 Å². The first-order valence-electron chi connectivity index (χ1n) is 7.62. The number of hydrogen-bond donors (Lipinski definition) is 1. The number of thioether (sulfide) groups is 1. The van der Waals surface area contributed by atoms with Crippen molar-refractivity contribution in [1.29, 1.82) is 0 Å². The van der Waals surface area contributed by atoms with Gasteiger partial charge in [0.25, 0.3) is 0 Å². The molecule has 1 atom stereocenters. The summed E-state index contributed by atoms with van der Waals surface area (Å²) in [4.78, 5) is 14.4. The monoisotopic (exact) mass is 332 g/mol. The quantitative estimate of drug-likeness (QED) is 0.923. The van der Waals surface area contributed by atoms with Gasteiger partial charge in [-0.25, -0.2) is 4.79 Å². The molecule has 0 spiro atoms. The lowest BCUT2D eigenvalue weighted by Gasteiger charge is -2.21. The van der Waals surface area contributed by atoms with E-state index in [1.807, 2.05) is 53.1 Å². The van der Waals surface area contributed by atoms with Crippen molar-refractivity contribution in [3.05, 3.63) is 48.4 Å². The molecule has 5 nitrogen and oxygen atoms in total. The predicted octanol–water partition coefficient (Wildman–Crippen LogP) is 4.00. The van der Waals surface area contributed by atoms with E-state index in [1.165, 1.54) is 0 Å². The summed E-state index contributed by atoms with van der Waals surface area (Å²) in [6.45, 7) is 1.43. The van der Waals surface area contributed by atoms with E-state index >= 15 is 0 Å². The number of methoxy groups -OCH3 is 1. The third kappa shape index (κ3) is 3.82. The van der Waals surface area contributed by atoms with Gasteiger partial charge in [0.05, 0.1) is 24.3 Å². The van der Waals surface area contributed by atoms with Crippen LogP contribution >= 0.6 is 11.8 Å². The summed E-state index contributed by atoms with van der Waals surface area (Å²) in [6.07, 6.45) is 2.59. The lowest BCUT2D eigenvalue weighted by atomic mass is 10.2. The predicted molar refractivity (Wildman–Crippen MR) is 92.1 cm³/mol. The van der Waals surface area contributed by atoms with Crippen molar-refractivity contribution in [3.63, 3.8) is 0 Å². The number of furan rings is 1. The Labute approximate surface area is 140 Å². The average Bonchev–Trinajstić information content (AvgIpc) is 3.00. The maximum atomic E-state index is 12.5. The zero-order valence-electron chi connectivity index (χ0n) is 13.0. The second kappa shape index (κ2) is 7.46. The number of amides is 2. The number of carbonyl (C=O) groups excluding carboxylic acids is 1. The molecule has 2 aromatic rings. The number of anilines is 1. The van der Waals surface area contributed by atoms with Gasteiger partial charge in [-0.2, -0.15) is 0 Å². The number of urea groups is 1. The van der Waals surface area contributed by atoms with Crippen molar-refractivity contribution in [1.82, 2.24) is 4.90 Å². The number of nitrogens with zero attached hydrogens (tertiary/aromatic N) is 1. The molecule has 23 heavy (non-hydrogen) atoms. The smallest absolute Gasteiger partial charge is 0.321 e. The van der Waals surface area contributed by atoms with Crippen LogP contribution in [0.4, 0.5) is 10.5 Å². The van der Waals surface area contributed by atoms with Gasteiger partial charge < -0.3 is 19.4 Å². The molecule has 2 heterocycles. The van der Waals surface area contributed by atoms with Crippen LogP contribution in [0, 0.1) is 0 Å². The van der Waals surface area contributed by atoms with Crippen LogP contribution in [0.3, 0.4) is 0 Å². The highest BCUT2D eigenvalue weighted by Crippen LogP contribution is 2.34. The number of para-hydroxylation sites is 2. The Morgan fingerprint density at radius 2 is 2.17 bits per heavy atom. The first kappa shape index (κ1) is 15.8. The molecular formula is C17H20N2O3S. The third-order valence-corrected chi connectivity index (χ3v) is 5.13. The van der Waals surface area contributed by atoms with Crippen LogP contribution in [0.5, 0.6) is 5.75 Å². The molecule has 6 heteroatoms. The number of hydrogen-bond acceptors (Lipinski definition) is 4. The molecule has 1 aromatic carbocycles. The zero-order valence-corrected chi connectivity index (χ0v) is 13.8. The van der Waals surface area contributed by atoms with E-state index in [0.29, 0.717) is 23.2 Å². The maximum Gasteiger partial charge on any atom is 0.321 e. The third-order valence-electron chi connectivity index (χ3n) is 3.84. The lowest BCUT2D eigenvalue weighted by molar-refractivity contribution is 0.214. The Hall–Kier alpha value is -2.08. The summed E-state index contributed by atoms with van der Waals surface area (Å²) in [5.74, 6) is 2.55. The molecule has 1 aromatic heterocycles. The highest BCUT2D eigenvalue weighted by molar-refractivity contribution is 7.99. The van der Waals surface area contributed by atoms with Crippen LogP contribution in [-0.4, -0.2) is 36.9 Å². The van der Waals surface area contributed by atoms with E-state index in [0.717, 1.165) is 24.5 Å². The fourth-order valence-electron chi connectivity index (χ4n) is 2.62. The van der Waals surface area contributed by atoms with Crippen molar-refractivity contribution in [2.45, 2.75) is 11.7 Å². The molecule has 122 valence electrons. The van der Waals surface area contributed by atoms with Crippen LogP contribution in [0.25, 0.3) is 0 Å². The molecule has 0 saturated carbocycles. The van der Waals surface area contributed by atoms with E-state index in [9.17, 15) is 4.79 Å². The van der Waals surface area contributed by atoms with Crippen LogP contribution in [0.1, 0.15) is 17.4 Å². The SMILES string of the molecule is COc1ccccc1NC(=O)N1CCSC(c2ccco2)CC1. The first-order valence-corrected chi connectivity index (χ1v) is 8.67. The molecule has 1 aliphatic heterocycles. The minimum Gasteiger partial charge on any atom is -0.495 e. The van der Waals surface area contributed by atoms with Crippen LogP contribution in [-0.2, 0) is 0 Å². The van der Waals surface area contributed by atoms with E-state index in [4.69, 9.17) is 9.15 Å². The Balaban J connectivity index is 1.62. The van der Waals surface area contributed by atoms with Crippen LogP contribution in [0.15, 0.2) is 47.1 Å². The fourth-order valence-corrected chi connectivity index (χ4v) is 3.80. The van der Waals surface area contributed by atoms with Gasteiger partial charge in [0.15, 0.2) is 0 Å². The summed E-state index contributed by atoms with van der Waals surface area (Å²) >= 11 is 1.84. The van der Waals surface area contributed by atoms with Gasteiger partial charge in [-0.3, -0.25) is 0 Å². The van der Waals surface area contributed by atoms with E-state index < -0.39 is 0 Å². The summed E-state index contributed by atoms with van der Waals surface area (Å²) in [6, 6.07) is 11.3. The minimum absolute atomic E-state index is 0.0878. The van der Waals surface area contributed by atoms with Gasteiger partial charge in [-0.15, -0.1) is 11.8 Å². The van der Waals surface area contributed by atoms with Crippen molar-refractivity contribution >= 4 is 23.5 Å². The highest BCUT2D eigenvalue weighted by atomic mass is 32.2. The standard InChI is InChI=1S/C17H20N2O3S/c1-21-14-6-3-2-5-13(14)18-17(20)19-9-8-16(23-12-10-19)15-7-4-11-22-15/h2-7,11,16H,8-10,12H2,1H3,(H,18,20). The largest absolute Gasteiger partial charge is 0.495 e. The van der Waals surface area contributed by atoms with Gasteiger partial charge in [0.1, 0.15) is 11.5 Å². The molecule has 1 aliphatic rings. The van der Waals surface area contributed by atoms with Gasteiger partial charge in [0.2, 0.25) is 0 Å². The van der Waals surface area contributed by atoms with Crippen molar-refractivity contribution in [3.8, 4) is 5.75 Å². The highest BCUT2D eigenvalue weighted by Gasteiger charge is 2.23. The number of nitrogens with one attached hydrogen (secondary N) is 1. The second-order valence-corrected chi connectivity index (χ2v) is 6.59. The van der Waals surface area contributed by atoms with E-state index in [2.05, 4.69) is 5.32 Å². The average molecular weight is 332 g/mol. The molecule has 0 radical (unpaired) electrons. The van der Waals surface area contributed by atoms with Crippen LogP contribution < -0.4 is 10.1 Å². The Morgan fingerprint density at radius 1 is 1.30 bits per heavy atom. The molecule has 3 rings (SSSR count). The Bertz CT molecular complexity index is 645. The summed E-state index contributed by atoms with van der Waals surface area (Å²) < 4.78 is 10.8. The molecule has 1 fully saturated rings. The van der Waals surface area contributed by atoms with Crippen molar-refractivity contribution in [2.75, 3.05) is 31.3 Å². The topological polar surface area (TPSA) is 54.7 Å². The first-order chi connectivity index (χ1) is 11.3. The second-order valence-electron chi connectivity index (χ2n) is 5.28. The van der Waals surface area contributed by atoms with Gasteiger partial charge in [-0.05, 0) is 30.7 Å². The molecular weight excluding hydrogens is 312 g/mol. The molecule has 1 N–H and O–H groups in total. The summed E-state index contributed by atoms with van der Waals surface area (Å²) in [5, 5.41) is 3.25. The number of benzene rings is 1. The van der Waals surface area contributed by atoms with Gasteiger partial charge in [-0.1, -0.05) is 12.1 Å². The number of ether oxygens (including phenoxy) is 1. The molecule has 1 unspecified atom stereocenters. The zero-order chi connectivity index (χ0) is 16.1. The normalized spacial score (nSPS) is 18.3. The molecule has 1 saturated heterocycles.